The second-order valence-electron chi connectivity index (χ2n) is 4.79. The van der Waals surface area contributed by atoms with Gasteiger partial charge in [-0.25, -0.2) is 0 Å². The molecule has 2 unspecified atom stereocenters. The summed E-state index contributed by atoms with van der Waals surface area (Å²) in [5.41, 5.74) is 1.16. The SMILES string of the molecule is CC1OCCC1NCc1cccc2c1OCCO2. The van der Waals surface area contributed by atoms with Crippen LogP contribution < -0.4 is 14.8 Å². The Hall–Kier alpha value is -1.26. The first-order valence-corrected chi connectivity index (χ1v) is 6.57. The van der Waals surface area contributed by atoms with Crippen molar-refractivity contribution in [1.29, 1.82) is 0 Å². The minimum Gasteiger partial charge on any atom is -0.486 e. The van der Waals surface area contributed by atoms with Crippen molar-refractivity contribution in [3.63, 3.8) is 0 Å². The molecule has 0 radical (unpaired) electrons. The Morgan fingerprint density at radius 1 is 1.22 bits per heavy atom. The lowest BCUT2D eigenvalue weighted by Gasteiger charge is -2.22. The van der Waals surface area contributed by atoms with Crippen molar-refractivity contribution >= 4 is 0 Å². The van der Waals surface area contributed by atoms with E-state index in [1.807, 2.05) is 12.1 Å². The third-order valence-electron chi connectivity index (χ3n) is 3.58. The first kappa shape index (κ1) is 11.8. The van der Waals surface area contributed by atoms with Crippen LogP contribution in [0, 0.1) is 0 Å². The van der Waals surface area contributed by atoms with E-state index in [0.717, 1.165) is 36.6 Å². The van der Waals surface area contributed by atoms with E-state index >= 15 is 0 Å². The van der Waals surface area contributed by atoms with Crippen LogP contribution in [-0.4, -0.2) is 32.0 Å². The minimum absolute atomic E-state index is 0.293. The van der Waals surface area contributed by atoms with Crippen LogP contribution in [0.4, 0.5) is 0 Å². The molecule has 0 aliphatic carbocycles. The molecule has 2 aliphatic heterocycles. The molecule has 2 atom stereocenters. The summed E-state index contributed by atoms with van der Waals surface area (Å²) >= 11 is 0. The molecule has 1 N–H and O–H groups in total. The summed E-state index contributed by atoms with van der Waals surface area (Å²) in [6.07, 6.45) is 1.37. The zero-order valence-electron chi connectivity index (χ0n) is 10.6. The van der Waals surface area contributed by atoms with E-state index in [1.165, 1.54) is 0 Å². The average molecular weight is 249 g/mol. The second-order valence-corrected chi connectivity index (χ2v) is 4.79. The molecule has 0 bridgehead atoms. The zero-order valence-corrected chi connectivity index (χ0v) is 10.6. The fourth-order valence-electron chi connectivity index (χ4n) is 2.51. The largest absolute Gasteiger partial charge is 0.486 e. The molecule has 0 aromatic heterocycles. The summed E-state index contributed by atoms with van der Waals surface area (Å²) in [5, 5.41) is 3.54. The molecule has 1 aromatic carbocycles. The van der Waals surface area contributed by atoms with Gasteiger partial charge in [-0.1, -0.05) is 12.1 Å². The molecule has 1 aromatic rings. The molecule has 18 heavy (non-hydrogen) atoms. The molecule has 1 saturated heterocycles. The van der Waals surface area contributed by atoms with E-state index < -0.39 is 0 Å². The highest BCUT2D eigenvalue weighted by Crippen LogP contribution is 2.33. The van der Waals surface area contributed by atoms with Crippen LogP contribution >= 0.6 is 0 Å². The van der Waals surface area contributed by atoms with Gasteiger partial charge in [0.25, 0.3) is 0 Å². The summed E-state index contributed by atoms with van der Waals surface area (Å²) in [6.45, 7) is 5.03. The quantitative estimate of drug-likeness (QED) is 0.885. The van der Waals surface area contributed by atoms with Crippen molar-refractivity contribution in [1.82, 2.24) is 5.32 Å². The highest BCUT2D eigenvalue weighted by Gasteiger charge is 2.24. The van der Waals surface area contributed by atoms with Crippen molar-refractivity contribution in [3.05, 3.63) is 23.8 Å². The number of hydrogen-bond acceptors (Lipinski definition) is 4. The van der Waals surface area contributed by atoms with Crippen LogP contribution in [0.1, 0.15) is 18.9 Å². The monoisotopic (exact) mass is 249 g/mol. The van der Waals surface area contributed by atoms with Gasteiger partial charge in [-0.3, -0.25) is 0 Å². The smallest absolute Gasteiger partial charge is 0.165 e. The van der Waals surface area contributed by atoms with Gasteiger partial charge in [0.05, 0.1) is 6.10 Å². The lowest BCUT2D eigenvalue weighted by atomic mass is 10.1. The zero-order chi connectivity index (χ0) is 12.4. The number of fused-ring (bicyclic) bond motifs is 1. The van der Waals surface area contributed by atoms with Crippen molar-refractivity contribution < 1.29 is 14.2 Å². The number of para-hydroxylation sites is 1. The van der Waals surface area contributed by atoms with E-state index in [9.17, 15) is 0 Å². The summed E-state index contributed by atoms with van der Waals surface area (Å²) in [5.74, 6) is 1.75. The Morgan fingerprint density at radius 2 is 2.11 bits per heavy atom. The van der Waals surface area contributed by atoms with Crippen molar-refractivity contribution in [2.24, 2.45) is 0 Å². The van der Waals surface area contributed by atoms with Crippen LogP contribution in [0.25, 0.3) is 0 Å². The topological polar surface area (TPSA) is 39.7 Å². The van der Waals surface area contributed by atoms with Crippen molar-refractivity contribution in [2.45, 2.75) is 32.0 Å². The highest BCUT2D eigenvalue weighted by molar-refractivity contribution is 5.47. The molecular formula is C14H19NO3. The molecule has 0 saturated carbocycles. The maximum absolute atomic E-state index is 5.70. The Kier molecular flexibility index (Phi) is 3.39. The molecule has 2 aliphatic rings. The number of hydrogen-bond donors (Lipinski definition) is 1. The summed E-state index contributed by atoms with van der Waals surface area (Å²) < 4.78 is 16.8. The molecule has 1 fully saturated rings. The van der Waals surface area contributed by atoms with Gasteiger partial charge < -0.3 is 19.5 Å². The van der Waals surface area contributed by atoms with Crippen LogP contribution in [0.3, 0.4) is 0 Å². The van der Waals surface area contributed by atoms with Crippen LogP contribution in [0.2, 0.25) is 0 Å². The number of nitrogens with one attached hydrogen (secondary N) is 1. The maximum atomic E-state index is 5.70. The average Bonchev–Trinajstić information content (AvgIpc) is 2.82. The lowest BCUT2D eigenvalue weighted by molar-refractivity contribution is 0.113. The Morgan fingerprint density at radius 3 is 2.94 bits per heavy atom. The van der Waals surface area contributed by atoms with Gasteiger partial charge in [-0.15, -0.1) is 0 Å². The van der Waals surface area contributed by atoms with Crippen molar-refractivity contribution in [3.8, 4) is 11.5 Å². The molecule has 3 rings (SSSR count). The molecule has 4 nitrogen and oxygen atoms in total. The van der Waals surface area contributed by atoms with E-state index in [4.69, 9.17) is 14.2 Å². The fourth-order valence-corrected chi connectivity index (χ4v) is 2.51. The Bertz CT molecular complexity index is 422. The van der Waals surface area contributed by atoms with Gasteiger partial charge in [0.1, 0.15) is 13.2 Å². The van der Waals surface area contributed by atoms with Crippen LogP contribution in [0.15, 0.2) is 18.2 Å². The normalized spacial score (nSPS) is 26.3. The van der Waals surface area contributed by atoms with Gasteiger partial charge in [0, 0.05) is 24.8 Å². The molecule has 98 valence electrons. The van der Waals surface area contributed by atoms with E-state index in [2.05, 4.69) is 18.3 Å². The van der Waals surface area contributed by atoms with Gasteiger partial charge in [-0.2, -0.15) is 0 Å². The predicted octanol–water partition coefficient (Wildman–Crippen LogP) is 1.72. The van der Waals surface area contributed by atoms with Gasteiger partial charge in [0.2, 0.25) is 0 Å². The minimum atomic E-state index is 0.293. The van der Waals surface area contributed by atoms with E-state index in [1.54, 1.807) is 0 Å². The van der Waals surface area contributed by atoms with E-state index in [0.29, 0.717) is 25.4 Å². The standard InChI is InChI=1S/C14H19NO3/c1-10-12(5-6-16-10)15-9-11-3-2-4-13-14(11)18-8-7-17-13/h2-4,10,12,15H,5-9H2,1H3. The first-order valence-electron chi connectivity index (χ1n) is 6.57. The summed E-state index contributed by atoms with van der Waals surface area (Å²) in [4.78, 5) is 0. The number of benzene rings is 1. The molecule has 0 amide bonds. The third-order valence-corrected chi connectivity index (χ3v) is 3.58. The number of rotatable bonds is 3. The fraction of sp³-hybridized carbons (Fsp3) is 0.571. The van der Waals surface area contributed by atoms with Gasteiger partial charge in [-0.05, 0) is 19.4 Å². The lowest BCUT2D eigenvalue weighted by Crippen LogP contribution is -2.34. The molecule has 4 heteroatoms. The van der Waals surface area contributed by atoms with Gasteiger partial charge >= 0.3 is 0 Å². The van der Waals surface area contributed by atoms with E-state index in [-0.39, 0.29) is 0 Å². The predicted molar refractivity (Wildman–Crippen MR) is 68.1 cm³/mol. The van der Waals surface area contributed by atoms with Crippen molar-refractivity contribution in [2.75, 3.05) is 19.8 Å². The molecule has 2 heterocycles. The summed E-state index contributed by atoms with van der Waals surface area (Å²) in [6, 6.07) is 6.49. The Labute approximate surface area is 107 Å². The van der Waals surface area contributed by atoms with Gasteiger partial charge in [0.15, 0.2) is 11.5 Å². The number of ether oxygens (including phenoxy) is 3. The Balaban J connectivity index is 1.69. The third kappa shape index (κ3) is 2.31. The first-order chi connectivity index (χ1) is 8.84. The van der Waals surface area contributed by atoms with Crippen LogP contribution in [0.5, 0.6) is 11.5 Å². The maximum Gasteiger partial charge on any atom is 0.165 e. The summed E-state index contributed by atoms with van der Waals surface area (Å²) in [7, 11) is 0. The van der Waals surface area contributed by atoms with Crippen LogP contribution in [-0.2, 0) is 11.3 Å². The molecule has 0 spiro atoms. The molecular weight excluding hydrogens is 230 g/mol. The highest BCUT2D eigenvalue weighted by atomic mass is 16.6. The second kappa shape index (κ2) is 5.16.